The third kappa shape index (κ3) is 2.86. The molecule has 0 amide bonds. The topological polar surface area (TPSA) is 0 Å². The average Bonchev–Trinajstić information content (AvgIpc) is 2.91. The summed E-state index contributed by atoms with van der Waals surface area (Å²) in [5.41, 5.74) is 5.13. The van der Waals surface area contributed by atoms with Crippen LogP contribution in [-0.2, 0) is 0 Å². The molecule has 7 aromatic carbocycles. The summed E-state index contributed by atoms with van der Waals surface area (Å²) in [4.78, 5) is 0. The molecule has 0 aliphatic carbocycles. The molecule has 0 N–H and O–H groups in total. The van der Waals surface area contributed by atoms with Crippen molar-refractivity contribution < 1.29 is 0 Å². The quantitative estimate of drug-likeness (QED) is 0.239. The fourth-order valence-electron chi connectivity index (χ4n) is 5.51. The average molecular weight is 431 g/mol. The van der Waals surface area contributed by atoms with Crippen LogP contribution in [-0.4, -0.2) is 0 Å². The van der Waals surface area contributed by atoms with Crippen molar-refractivity contribution in [3.63, 3.8) is 0 Å². The van der Waals surface area contributed by atoms with E-state index in [1.165, 1.54) is 65.3 Å². The van der Waals surface area contributed by atoms with Gasteiger partial charge < -0.3 is 0 Å². The third-order valence-electron chi connectivity index (χ3n) is 7.06. The number of hydrogen-bond donors (Lipinski definition) is 0. The van der Waals surface area contributed by atoms with E-state index in [2.05, 4.69) is 133 Å². The zero-order valence-electron chi connectivity index (χ0n) is 18.7. The summed E-state index contributed by atoms with van der Waals surface area (Å²) in [5.74, 6) is 0. The first-order valence-electron chi connectivity index (χ1n) is 11.8. The van der Waals surface area contributed by atoms with E-state index >= 15 is 0 Å². The Hall–Kier alpha value is -4.42. The van der Waals surface area contributed by atoms with Gasteiger partial charge in [0.1, 0.15) is 0 Å². The first-order chi connectivity index (χ1) is 16.9. The van der Waals surface area contributed by atoms with Crippen LogP contribution in [0.5, 0.6) is 0 Å². The molecule has 34 heavy (non-hydrogen) atoms. The van der Waals surface area contributed by atoms with Gasteiger partial charge in [0.2, 0.25) is 0 Å². The summed E-state index contributed by atoms with van der Waals surface area (Å²) in [6.07, 6.45) is 0. The van der Waals surface area contributed by atoms with Crippen LogP contribution in [0, 0.1) is 0 Å². The molecule has 7 aromatic rings. The minimum absolute atomic E-state index is 1.27. The molecule has 0 saturated heterocycles. The highest BCUT2D eigenvalue weighted by Crippen LogP contribution is 2.44. The van der Waals surface area contributed by atoms with Gasteiger partial charge in [-0.3, -0.25) is 0 Å². The Morgan fingerprint density at radius 2 is 0.735 bits per heavy atom. The molecule has 158 valence electrons. The Kier molecular flexibility index (Phi) is 4.25. The van der Waals surface area contributed by atoms with Crippen LogP contribution in [0.3, 0.4) is 0 Å². The van der Waals surface area contributed by atoms with E-state index in [9.17, 15) is 0 Å². The van der Waals surface area contributed by atoms with Crippen LogP contribution >= 0.6 is 0 Å². The highest BCUT2D eigenvalue weighted by molar-refractivity contribution is 6.18. The molecule has 7 rings (SSSR count). The van der Waals surface area contributed by atoms with E-state index in [1.807, 2.05) is 0 Å². The molecule has 0 nitrogen and oxygen atoms in total. The van der Waals surface area contributed by atoms with Crippen molar-refractivity contribution in [1.82, 2.24) is 0 Å². The largest absolute Gasteiger partial charge is 0.0616 e. The Morgan fingerprint density at radius 3 is 1.44 bits per heavy atom. The van der Waals surface area contributed by atoms with Crippen LogP contribution in [0.2, 0.25) is 0 Å². The lowest BCUT2D eigenvalue weighted by Gasteiger charge is -2.18. The Labute approximate surface area is 198 Å². The van der Waals surface area contributed by atoms with Gasteiger partial charge in [0.15, 0.2) is 0 Å². The zero-order valence-corrected chi connectivity index (χ0v) is 18.7. The number of hydrogen-bond acceptors (Lipinski definition) is 0. The zero-order chi connectivity index (χ0) is 22.5. The molecule has 0 fully saturated rings. The van der Waals surface area contributed by atoms with Crippen LogP contribution in [0.15, 0.2) is 133 Å². The second-order valence-corrected chi connectivity index (χ2v) is 8.92. The van der Waals surface area contributed by atoms with Crippen LogP contribution < -0.4 is 0 Å². The lowest BCUT2D eigenvalue weighted by molar-refractivity contribution is 1.65. The maximum Gasteiger partial charge on any atom is -0.00201 e. The van der Waals surface area contributed by atoms with Crippen molar-refractivity contribution in [2.24, 2.45) is 0 Å². The summed E-state index contributed by atoms with van der Waals surface area (Å²) in [7, 11) is 0. The van der Waals surface area contributed by atoms with E-state index in [-0.39, 0.29) is 0 Å². The molecule has 0 unspecified atom stereocenters. The molecule has 0 bridgehead atoms. The first-order valence-corrected chi connectivity index (χ1v) is 11.8. The molecule has 0 atom stereocenters. The van der Waals surface area contributed by atoms with Gasteiger partial charge >= 0.3 is 0 Å². The molecule has 0 saturated carbocycles. The lowest BCUT2D eigenvalue weighted by atomic mass is 9.85. The fourth-order valence-corrected chi connectivity index (χ4v) is 5.51. The summed E-state index contributed by atoms with van der Waals surface area (Å²) in [6.45, 7) is 0. The summed E-state index contributed by atoms with van der Waals surface area (Å²) in [5, 5.41) is 10.3. The summed E-state index contributed by atoms with van der Waals surface area (Å²) < 4.78 is 0. The van der Waals surface area contributed by atoms with Gasteiger partial charge in [-0.1, -0.05) is 133 Å². The Bertz CT molecular complexity index is 1850. The van der Waals surface area contributed by atoms with Crippen LogP contribution in [0.25, 0.3) is 65.3 Å². The molecule has 0 aliphatic rings. The predicted octanol–water partition coefficient (Wildman–Crippen LogP) is 9.63. The van der Waals surface area contributed by atoms with Crippen molar-refractivity contribution in [2.45, 2.75) is 0 Å². The SMILES string of the molecule is c1ccc2c(-c3ccc4c(ccc5ccccc54)c3-c3cccc4ccccc34)cccc2c1. The maximum atomic E-state index is 2.33. The molecular formula is C34H22. The fraction of sp³-hybridized carbons (Fsp3) is 0. The van der Waals surface area contributed by atoms with Gasteiger partial charge in [0, 0.05) is 0 Å². The predicted molar refractivity (Wildman–Crippen MR) is 147 cm³/mol. The van der Waals surface area contributed by atoms with E-state index < -0.39 is 0 Å². The third-order valence-corrected chi connectivity index (χ3v) is 7.06. The van der Waals surface area contributed by atoms with Gasteiger partial charge in [-0.15, -0.1) is 0 Å². The smallest absolute Gasteiger partial charge is 0.00201 e. The molecule has 0 heterocycles. The van der Waals surface area contributed by atoms with Crippen molar-refractivity contribution in [3.05, 3.63) is 133 Å². The molecule has 0 heteroatoms. The molecule has 0 aliphatic heterocycles. The number of fused-ring (bicyclic) bond motifs is 5. The van der Waals surface area contributed by atoms with Crippen molar-refractivity contribution >= 4 is 43.1 Å². The lowest BCUT2D eigenvalue weighted by Crippen LogP contribution is -1.91. The molecular weight excluding hydrogens is 408 g/mol. The standard InChI is InChI=1S/C34H22/c1-4-14-26-23(9-1)12-7-17-29(26)33-22-21-30-27-15-5-3-11-25(27)19-20-32(30)34(33)31-18-8-13-24-10-2-6-16-28(24)31/h1-22H. The van der Waals surface area contributed by atoms with Gasteiger partial charge in [-0.2, -0.15) is 0 Å². The van der Waals surface area contributed by atoms with Gasteiger partial charge in [-0.05, 0) is 65.3 Å². The van der Waals surface area contributed by atoms with E-state index in [4.69, 9.17) is 0 Å². The van der Waals surface area contributed by atoms with Gasteiger partial charge in [0.05, 0.1) is 0 Å². The van der Waals surface area contributed by atoms with Gasteiger partial charge in [-0.25, -0.2) is 0 Å². The second-order valence-electron chi connectivity index (χ2n) is 8.92. The second kappa shape index (κ2) is 7.57. The number of rotatable bonds is 2. The van der Waals surface area contributed by atoms with Crippen molar-refractivity contribution in [1.29, 1.82) is 0 Å². The van der Waals surface area contributed by atoms with E-state index in [1.54, 1.807) is 0 Å². The maximum absolute atomic E-state index is 2.33. The van der Waals surface area contributed by atoms with E-state index in [0.717, 1.165) is 0 Å². The minimum atomic E-state index is 1.27. The molecule has 0 radical (unpaired) electrons. The van der Waals surface area contributed by atoms with Crippen molar-refractivity contribution in [2.75, 3.05) is 0 Å². The first kappa shape index (κ1) is 19.1. The summed E-state index contributed by atoms with van der Waals surface area (Å²) >= 11 is 0. The van der Waals surface area contributed by atoms with Gasteiger partial charge in [0.25, 0.3) is 0 Å². The number of benzene rings is 7. The molecule has 0 spiro atoms. The van der Waals surface area contributed by atoms with E-state index in [0.29, 0.717) is 0 Å². The minimum Gasteiger partial charge on any atom is -0.0616 e. The van der Waals surface area contributed by atoms with Crippen LogP contribution in [0.4, 0.5) is 0 Å². The monoisotopic (exact) mass is 430 g/mol. The van der Waals surface area contributed by atoms with Crippen molar-refractivity contribution in [3.8, 4) is 22.3 Å². The molecule has 0 aromatic heterocycles. The van der Waals surface area contributed by atoms with Crippen LogP contribution in [0.1, 0.15) is 0 Å². The highest BCUT2D eigenvalue weighted by Gasteiger charge is 2.17. The normalized spacial score (nSPS) is 11.5. The Balaban J connectivity index is 1.68. The summed E-state index contributed by atoms with van der Waals surface area (Å²) in [6, 6.07) is 48.6. The Morgan fingerprint density at radius 1 is 0.235 bits per heavy atom. The highest BCUT2D eigenvalue weighted by atomic mass is 14.2.